The fraction of sp³-hybridized carbons (Fsp3) is 0.250. The number of aryl methyl sites for hydroxylation is 2. The first kappa shape index (κ1) is 19.0. The average molecular weight is 383 g/mol. The minimum Gasteiger partial charge on any atom is -0.497 e. The van der Waals surface area contributed by atoms with E-state index >= 15 is 0 Å². The van der Waals surface area contributed by atoms with Crippen LogP contribution in [0.25, 0.3) is 0 Å². The summed E-state index contributed by atoms with van der Waals surface area (Å²) in [4.78, 5) is 29.0. The second-order valence-electron chi connectivity index (χ2n) is 6.23. The molecule has 2 aromatic carbocycles. The highest BCUT2D eigenvalue weighted by Gasteiger charge is 2.32. The van der Waals surface area contributed by atoms with Crippen LogP contribution in [0.1, 0.15) is 17.5 Å². The molecule has 1 aliphatic rings. The van der Waals surface area contributed by atoms with Crippen molar-refractivity contribution in [3.8, 4) is 5.75 Å². The van der Waals surface area contributed by atoms with Gasteiger partial charge in [0, 0.05) is 12.1 Å². The molecule has 140 valence electrons. The van der Waals surface area contributed by atoms with Gasteiger partial charge in [-0.2, -0.15) is 0 Å². The van der Waals surface area contributed by atoms with Gasteiger partial charge >= 0.3 is 0 Å². The Hall–Kier alpha value is -2.80. The molecule has 1 aliphatic heterocycles. The molecule has 1 atom stereocenters. The maximum atomic E-state index is 12.4. The molecule has 3 rings (SSSR count). The van der Waals surface area contributed by atoms with Crippen LogP contribution in [0.3, 0.4) is 0 Å². The number of nitrogens with one attached hydrogen (secondary N) is 2. The lowest BCUT2D eigenvalue weighted by atomic mass is 10.1. The summed E-state index contributed by atoms with van der Waals surface area (Å²) in [6, 6.07) is 13.0. The highest BCUT2D eigenvalue weighted by Crippen LogP contribution is 2.27. The monoisotopic (exact) mass is 383 g/mol. The number of carbonyl (C=O) groups excluding carboxylic acids is 2. The largest absolute Gasteiger partial charge is 0.497 e. The van der Waals surface area contributed by atoms with E-state index in [1.165, 1.54) is 11.8 Å². The molecule has 1 fully saturated rings. The summed E-state index contributed by atoms with van der Waals surface area (Å²) in [5.74, 6) is 0.345. The van der Waals surface area contributed by atoms with Crippen LogP contribution in [0, 0.1) is 13.8 Å². The van der Waals surface area contributed by atoms with Gasteiger partial charge in [-0.1, -0.05) is 30.0 Å². The third-order valence-electron chi connectivity index (χ3n) is 4.20. The van der Waals surface area contributed by atoms with Gasteiger partial charge in [0.15, 0.2) is 5.17 Å². The van der Waals surface area contributed by atoms with Gasteiger partial charge in [-0.05, 0) is 49.2 Å². The summed E-state index contributed by atoms with van der Waals surface area (Å²) in [6.45, 7) is 3.89. The van der Waals surface area contributed by atoms with Crippen molar-refractivity contribution in [2.24, 2.45) is 4.99 Å². The van der Waals surface area contributed by atoms with E-state index in [1.54, 1.807) is 31.4 Å². The lowest BCUT2D eigenvalue weighted by Gasteiger charge is -2.12. The number of amidine groups is 1. The maximum absolute atomic E-state index is 12.4. The van der Waals surface area contributed by atoms with Crippen LogP contribution >= 0.6 is 11.8 Å². The summed E-state index contributed by atoms with van der Waals surface area (Å²) in [5, 5.41) is 5.65. The van der Waals surface area contributed by atoms with E-state index in [1.807, 2.05) is 32.0 Å². The number of hydrogen-bond acceptors (Lipinski definition) is 5. The van der Waals surface area contributed by atoms with Gasteiger partial charge in [-0.25, -0.2) is 4.99 Å². The molecule has 0 aromatic heterocycles. The molecule has 7 heteroatoms. The number of nitrogens with zero attached hydrogens (tertiary/aromatic N) is 1. The van der Waals surface area contributed by atoms with Crippen molar-refractivity contribution >= 4 is 40.1 Å². The van der Waals surface area contributed by atoms with Crippen molar-refractivity contribution in [1.29, 1.82) is 0 Å². The van der Waals surface area contributed by atoms with E-state index in [2.05, 4.69) is 15.6 Å². The van der Waals surface area contributed by atoms with Gasteiger partial charge in [-0.3, -0.25) is 9.59 Å². The van der Waals surface area contributed by atoms with Crippen molar-refractivity contribution in [1.82, 2.24) is 5.32 Å². The van der Waals surface area contributed by atoms with Crippen LogP contribution < -0.4 is 15.4 Å². The van der Waals surface area contributed by atoms with Gasteiger partial charge in [0.05, 0.1) is 12.8 Å². The quantitative estimate of drug-likeness (QED) is 0.827. The lowest BCUT2D eigenvalue weighted by molar-refractivity contribution is -0.122. The van der Waals surface area contributed by atoms with Crippen molar-refractivity contribution in [3.05, 3.63) is 53.6 Å². The number of methoxy groups -OCH3 is 1. The van der Waals surface area contributed by atoms with Gasteiger partial charge < -0.3 is 15.4 Å². The Morgan fingerprint density at radius 3 is 2.48 bits per heavy atom. The van der Waals surface area contributed by atoms with Crippen LogP contribution in [-0.4, -0.2) is 29.3 Å². The summed E-state index contributed by atoms with van der Waals surface area (Å²) < 4.78 is 5.11. The SMILES string of the molecule is COc1ccc(N=C2NC(=O)[C@@H](CC(=O)Nc3c(C)cccc3C)S2)cc1. The van der Waals surface area contributed by atoms with Crippen molar-refractivity contribution < 1.29 is 14.3 Å². The van der Waals surface area contributed by atoms with Crippen molar-refractivity contribution in [3.63, 3.8) is 0 Å². The number of benzene rings is 2. The molecule has 2 aromatic rings. The topological polar surface area (TPSA) is 79.8 Å². The standard InChI is InChI=1S/C20H21N3O3S/c1-12-5-4-6-13(2)18(12)22-17(24)11-16-19(25)23-20(27-16)21-14-7-9-15(26-3)10-8-14/h4-10,16H,11H2,1-3H3,(H,22,24)(H,21,23,25)/t16-/m1/s1. The van der Waals surface area contributed by atoms with Gasteiger partial charge in [0.1, 0.15) is 11.0 Å². The molecule has 0 bridgehead atoms. The molecule has 27 heavy (non-hydrogen) atoms. The summed E-state index contributed by atoms with van der Waals surface area (Å²) in [5.41, 5.74) is 3.50. The normalized spacial score (nSPS) is 17.7. The summed E-state index contributed by atoms with van der Waals surface area (Å²) in [6.07, 6.45) is 0.0892. The van der Waals surface area contributed by atoms with Crippen LogP contribution in [0.2, 0.25) is 0 Å². The van der Waals surface area contributed by atoms with Crippen LogP contribution in [0.15, 0.2) is 47.5 Å². The minimum absolute atomic E-state index is 0.0892. The summed E-state index contributed by atoms with van der Waals surface area (Å²) in [7, 11) is 1.60. The third-order valence-corrected chi connectivity index (χ3v) is 5.28. The van der Waals surface area contributed by atoms with E-state index in [0.29, 0.717) is 10.9 Å². The second-order valence-corrected chi connectivity index (χ2v) is 7.42. The third kappa shape index (κ3) is 4.68. The number of rotatable bonds is 5. The number of para-hydroxylation sites is 1. The highest BCUT2D eigenvalue weighted by molar-refractivity contribution is 8.15. The zero-order chi connectivity index (χ0) is 19.4. The number of anilines is 1. The van der Waals surface area contributed by atoms with Crippen molar-refractivity contribution in [2.75, 3.05) is 12.4 Å². The Labute approximate surface area is 162 Å². The van der Waals surface area contributed by atoms with E-state index in [9.17, 15) is 9.59 Å². The van der Waals surface area contributed by atoms with E-state index in [-0.39, 0.29) is 18.2 Å². The minimum atomic E-state index is -0.494. The predicted octanol–water partition coefficient (Wildman–Crippen LogP) is 3.56. The number of carbonyl (C=O) groups is 2. The molecule has 1 heterocycles. The van der Waals surface area contributed by atoms with Crippen molar-refractivity contribution in [2.45, 2.75) is 25.5 Å². The molecule has 0 unspecified atom stereocenters. The first-order valence-electron chi connectivity index (χ1n) is 8.52. The van der Waals surface area contributed by atoms with Gasteiger partial charge in [-0.15, -0.1) is 0 Å². The average Bonchev–Trinajstić information content (AvgIpc) is 2.98. The Balaban J connectivity index is 1.63. The first-order valence-corrected chi connectivity index (χ1v) is 9.40. The Bertz CT molecular complexity index is 874. The molecule has 0 spiro atoms. The Morgan fingerprint density at radius 2 is 1.85 bits per heavy atom. The molecular formula is C20H21N3O3S. The fourth-order valence-corrected chi connectivity index (χ4v) is 3.72. The number of ether oxygens (including phenoxy) is 1. The molecule has 0 saturated carbocycles. The second kappa shape index (κ2) is 8.26. The molecule has 0 radical (unpaired) electrons. The number of amides is 2. The molecule has 2 amide bonds. The predicted molar refractivity (Wildman–Crippen MR) is 109 cm³/mol. The Kier molecular flexibility index (Phi) is 5.81. The van der Waals surface area contributed by atoms with Gasteiger partial charge in [0.25, 0.3) is 0 Å². The van der Waals surface area contributed by atoms with E-state index in [0.717, 1.165) is 22.6 Å². The molecule has 0 aliphatic carbocycles. The number of thioether (sulfide) groups is 1. The Morgan fingerprint density at radius 1 is 1.19 bits per heavy atom. The van der Waals surface area contributed by atoms with E-state index in [4.69, 9.17) is 4.74 Å². The zero-order valence-electron chi connectivity index (χ0n) is 15.4. The smallest absolute Gasteiger partial charge is 0.240 e. The zero-order valence-corrected chi connectivity index (χ0v) is 16.2. The summed E-state index contributed by atoms with van der Waals surface area (Å²) >= 11 is 1.27. The van der Waals surface area contributed by atoms with Crippen LogP contribution in [0.5, 0.6) is 5.75 Å². The molecule has 6 nitrogen and oxygen atoms in total. The highest BCUT2D eigenvalue weighted by atomic mass is 32.2. The van der Waals surface area contributed by atoms with E-state index < -0.39 is 5.25 Å². The number of aliphatic imine (C=N–C) groups is 1. The fourth-order valence-electron chi connectivity index (χ4n) is 2.74. The van der Waals surface area contributed by atoms with Crippen LogP contribution in [0.4, 0.5) is 11.4 Å². The van der Waals surface area contributed by atoms with Crippen LogP contribution in [-0.2, 0) is 9.59 Å². The maximum Gasteiger partial charge on any atom is 0.240 e. The van der Waals surface area contributed by atoms with Gasteiger partial charge in [0.2, 0.25) is 11.8 Å². The molecule has 2 N–H and O–H groups in total. The molecular weight excluding hydrogens is 362 g/mol. The first-order chi connectivity index (χ1) is 13.0. The number of hydrogen-bond donors (Lipinski definition) is 2. The molecule has 1 saturated heterocycles. The lowest BCUT2D eigenvalue weighted by Crippen LogP contribution is -2.28.